The molecule has 0 bridgehead atoms. The minimum absolute atomic E-state index is 0.0982. The summed E-state index contributed by atoms with van der Waals surface area (Å²) >= 11 is 0. The maximum Gasteiger partial charge on any atom is 0.255 e. The lowest BCUT2D eigenvalue weighted by molar-refractivity contribution is -0.120. The van der Waals surface area contributed by atoms with Crippen LogP contribution in [0.2, 0.25) is 0 Å². The molecule has 22 heavy (non-hydrogen) atoms. The van der Waals surface area contributed by atoms with Gasteiger partial charge in [0.1, 0.15) is 5.75 Å². The summed E-state index contributed by atoms with van der Waals surface area (Å²) in [5, 5.41) is 6.91. The van der Waals surface area contributed by atoms with Crippen LogP contribution in [0.25, 0.3) is 0 Å². The van der Waals surface area contributed by atoms with E-state index >= 15 is 0 Å². The van der Waals surface area contributed by atoms with E-state index in [1.165, 1.54) is 0 Å². The molecule has 7 nitrogen and oxygen atoms in total. The first-order valence-electron chi connectivity index (χ1n) is 6.83. The molecule has 0 aliphatic carbocycles. The molecule has 1 heterocycles. The third-order valence-corrected chi connectivity index (χ3v) is 2.85. The van der Waals surface area contributed by atoms with Crippen LogP contribution in [0.5, 0.6) is 5.75 Å². The van der Waals surface area contributed by atoms with Crippen LogP contribution in [0, 0.1) is 6.92 Å². The van der Waals surface area contributed by atoms with Crippen LogP contribution in [-0.2, 0) is 16.1 Å². The number of nitrogens with zero attached hydrogens (tertiary/aromatic N) is 2. The standard InChI is InChI=1S/C15H18N4O3/c1-11-8-17-19(9-11)7-6-15(21)18-12-2-4-13(5-3-12)22-10-14(16)20/h2-5,8-9H,6-7,10H2,1H3,(H2,16,20)(H,18,21). The monoisotopic (exact) mass is 302 g/mol. The van der Waals surface area contributed by atoms with Gasteiger partial charge in [-0.25, -0.2) is 0 Å². The second kappa shape index (κ2) is 7.26. The summed E-state index contributed by atoms with van der Waals surface area (Å²) in [5.41, 5.74) is 6.71. The fraction of sp³-hybridized carbons (Fsp3) is 0.267. The number of hydrogen-bond acceptors (Lipinski definition) is 4. The number of ether oxygens (including phenoxy) is 1. The third kappa shape index (κ3) is 4.93. The molecule has 2 rings (SSSR count). The number of benzene rings is 1. The van der Waals surface area contributed by atoms with Crippen LogP contribution < -0.4 is 15.8 Å². The summed E-state index contributed by atoms with van der Waals surface area (Å²) in [7, 11) is 0. The number of primary amides is 1. The van der Waals surface area contributed by atoms with Crippen molar-refractivity contribution in [1.82, 2.24) is 9.78 Å². The van der Waals surface area contributed by atoms with Crippen molar-refractivity contribution in [2.75, 3.05) is 11.9 Å². The molecule has 0 aliphatic rings. The van der Waals surface area contributed by atoms with Gasteiger partial charge >= 0.3 is 0 Å². The first-order valence-corrected chi connectivity index (χ1v) is 6.83. The van der Waals surface area contributed by atoms with Gasteiger partial charge in [0, 0.05) is 24.8 Å². The van der Waals surface area contributed by atoms with Crippen molar-refractivity contribution in [2.45, 2.75) is 19.9 Å². The highest BCUT2D eigenvalue weighted by atomic mass is 16.5. The van der Waals surface area contributed by atoms with Gasteiger partial charge in [0.05, 0.1) is 6.20 Å². The number of carbonyl (C=O) groups is 2. The molecule has 7 heteroatoms. The number of nitrogens with one attached hydrogen (secondary N) is 1. The van der Waals surface area contributed by atoms with Crippen LogP contribution >= 0.6 is 0 Å². The van der Waals surface area contributed by atoms with Gasteiger partial charge in [-0.2, -0.15) is 5.10 Å². The SMILES string of the molecule is Cc1cnn(CCC(=O)Nc2ccc(OCC(N)=O)cc2)c1. The maximum absolute atomic E-state index is 11.8. The van der Waals surface area contributed by atoms with Gasteiger partial charge in [0.25, 0.3) is 5.91 Å². The number of aryl methyl sites for hydroxylation is 2. The molecule has 1 aromatic heterocycles. The Morgan fingerprint density at radius 3 is 2.64 bits per heavy atom. The average Bonchev–Trinajstić information content (AvgIpc) is 2.90. The molecule has 0 atom stereocenters. The zero-order valence-corrected chi connectivity index (χ0v) is 12.3. The normalized spacial score (nSPS) is 10.2. The highest BCUT2D eigenvalue weighted by Gasteiger charge is 2.04. The quantitative estimate of drug-likeness (QED) is 0.799. The van der Waals surface area contributed by atoms with E-state index < -0.39 is 5.91 Å². The molecule has 2 amide bonds. The Labute approximate surface area is 128 Å². The lowest BCUT2D eigenvalue weighted by atomic mass is 10.3. The second-order valence-electron chi connectivity index (χ2n) is 4.86. The highest BCUT2D eigenvalue weighted by Crippen LogP contribution is 2.15. The van der Waals surface area contributed by atoms with Gasteiger partial charge in [-0.05, 0) is 36.8 Å². The van der Waals surface area contributed by atoms with Crippen molar-refractivity contribution in [3.63, 3.8) is 0 Å². The molecule has 0 saturated carbocycles. The Hall–Kier alpha value is -2.83. The van der Waals surface area contributed by atoms with Crippen molar-refractivity contribution in [3.05, 3.63) is 42.2 Å². The lowest BCUT2D eigenvalue weighted by Crippen LogP contribution is -2.20. The number of hydrogen-bond donors (Lipinski definition) is 2. The molecule has 0 fully saturated rings. The van der Waals surface area contributed by atoms with Gasteiger partial charge < -0.3 is 15.8 Å². The maximum atomic E-state index is 11.8. The fourth-order valence-electron chi connectivity index (χ4n) is 1.82. The summed E-state index contributed by atoms with van der Waals surface area (Å²) in [6, 6.07) is 6.73. The van der Waals surface area contributed by atoms with Gasteiger partial charge in [0.15, 0.2) is 6.61 Å². The smallest absolute Gasteiger partial charge is 0.255 e. The van der Waals surface area contributed by atoms with Crippen molar-refractivity contribution in [1.29, 1.82) is 0 Å². The molecule has 0 spiro atoms. The summed E-state index contributed by atoms with van der Waals surface area (Å²) in [6.45, 7) is 2.31. The van der Waals surface area contributed by atoms with E-state index in [1.807, 2.05) is 13.1 Å². The predicted octanol–water partition coefficient (Wildman–Crippen LogP) is 1.08. The van der Waals surface area contributed by atoms with E-state index in [2.05, 4.69) is 10.4 Å². The zero-order valence-electron chi connectivity index (χ0n) is 12.3. The predicted molar refractivity (Wildman–Crippen MR) is 81.3 cm³/mol. The summed E-state index contributed by atoms with van der Waals surface area (Å²) in [4.78, 5) is 22.5. The Balaban J connectivity index is 1.79. The van der Waals surface area contributed by atoms with Crippen molar-refractivity contribution in [3.8, 4) is 5.75 Å². The lowest BCUT2D eigenvalue weighted by Gasteiger charge is -2.07. The molecule has 0 saturated heterocycles. The fourth-order valence-corrected chi connectivity index (χ4v) is 1.82. The number of amides is 2. The Morgan fingerprint density at radius 2 is 2.05 bits per heavy atom. The molecule has 0 unspecified atom stereocenters. The summed E-state index contributed by atoms with van der Waals surface area (Å²) < 4.78 is 6.87. The number of anilines is 1. The first kappa shape index (κ1) is 15.6. The van der Waals surface area contributed by atoms with E-state index in [0.29, 0.717) is 24.4 Å². The van der Waals surface area contributed by atoms with Gasteiger partial charge in [-0.1, -0.05) is 0 Å². The zero-order chi connectivity index (χ0) is 15.9. The van der Waals surface area contributed by atoms with E-state index in [-0.39, 0.29) is 12.5 Å². The van der Waals surface area contributed by atoms with Crippen LogP contribution in [0.3, 0.4) is 0 Å². The second-order valence-corrected chi connectivity index (χ2v) is 4.86. The van der Waals surface area contributed by atoms with E-state index in [9.17, 15) is 9.59 Å². The van der Waals surface area contributed by atoms with Crippen LogP contribution in [0.15, 0.2) is 36.7 Å². The minimum Gasteiger partial charge on any atom is -0.484 e. The largest absolute Gasteiger partial charge is 0.484 e. The van der Waals surface area contributed by atoms with E-state index in [0.717, 1.165) is 5.56 Å². The molecule has 1 aromatic carbocycles. The van der Waals surface area contributed by atoms with Crippen molar-refractivity contribution in [2.24, 2.45) is 5.73 Å². The van der Waals surface area contributed by atoms with Crippen molar-refractivity contribution < 1.29 is 14.3 Å². The van der Waals surface area contributed by atoms with Crippen LogP contribution in [0.1, 0.15) is 12.0 Å². The molecule has 116 valence electrons. The highest BCUT2D eigenvalue weighted by molar-refractivity contribution is 5.90. The first-order chi connectivity index (χ1) is 10.5. The van der Waals surface area contributed by atoms with Gasteiger partial charge in [-0.15, -0.1) is 0 Å². The Kier molecular flexibility index (Phi) is 5.13. The molecule has 0 aliphatic heterocycles. The molecular weight excluding hydrogens is 284 g/mol. The molecule has 0 radical (unpaired) electrons. The molecule has 3 N–H and O–H groups in total. The molecule has 2 aromatic rings. The average molecular weight is 302 g/mol. The van der Waals surface area contributed by atoms with Crippen molar-refractivity contribution >= 4 is 17.5 Å². The van der Waals surface area contributed by atoms with E-state index in [1.54, 1.807) is 35.1 Å². The number of aromatic nitrogens is 2. The number of nitrogens with two attached hydrogens (primary N) is 1. The number of carbonyl (C=O) groups excluding carboxylic acids is 2. The third-order valence-electron chi connectivity index (χ3n) is 2.85. The van der Waals surface area contributed by atoms with Gasteiger partial charge in [-0.3, -0.25) is 14.3 Å². The Morgan fingerprint density at radius 1 is 1.32 bits per heavy atom. The minimum atomic E-state index is -0.536. The van der Waals surface area contributed by atoms with Gasteiger partial charge in [0.2, 0.25) is 5.91 Å². The topological polar surface area (TPSA) is 99.2 Å². The molecular formula is C15H18N4O3. The Bertz CT molecular complexity index is 649. The number of rotatable bonds is 7. The van der Waals surface area contributed by atoms with Crippen LogP contribution in [-0.4, -0.2) is 28.2 Å². The van der Waals surface area contributed by atoms with Crippen LogP contribution in [0.4, 0.5) is 5.69 Å². The van der Waals surface area contributed by atoms with E-state index in [4.69, 9.17) is 10.5 Å². The summed E-state index contributed by atoms with van der Waals surface area (Å²) in [6.07, 6.45) is 3.97. The summed E-state index contributed by atoms with van der Waals surface area (Å²) in [5.74, 6) is -0.117.